The van der Waals surface area contributed by atoms with Crippen LogP contribution in [0.3, 0.4) is 0 Å². The number of carbonyl (C=O) groups excluding carboxylic acids is 2. The van der Waals surface area contributed by atoms with E-state index >= 15 is 0 Å². The van der Waals surface area contributed by atoms with Crippen LogP contribution in [0.1, 0.15) is 12.5 Å². The molecule has 0 atom stereocenters. The predicted molar refractivity (Wildman–Crippen MR) is 106 cm³/mol. The summed E-state index contributed by atoms with van der Waals surface area (Å²) in [5.74, 6) is -0.833. The van der Waals surface area contributed by atoms with Gasteiger partial charge in [0.15, 0.2) is 5.13 Å². The largest absolute Gasteiger partial charge is 0.326 e. The SMILES string of the molecule is CC(=O)Nc1ccc(-c2csc(NC(=O)/C=C/c3cccc(F)c3)n2)cc1. The van der Waals surface area contributed by atoms with Crippen LogP contribution in [0.2, 0.25) is 0 Å². The van der Waals surface area contributed by atoms with Crippen molar-refractivity contribution >= 4 is 40.0 Å². The molecule has 5 nitrogen and oxygen atoms in total. The van der Waals surface area contributed by atoms with E-state index in [1.54, 1.807) is 24.3 Å². The number of rotatable bonds is 5. The molecule has 0 aliphatic rings. The molecule has 1 heterocycles. The first-order chi connectivity index (χ1) is 13.0. The van der Waals surface area contributed by atoms with Crippen molar-refractivity contribution in [2.45, 2.75) is 6.92 Å². The van der Waals surface area contributed by atoms with Crippen molar-refractivity contribution in [1.82, 2.24) is 4.98 Å². The normalized spacial score (nSPS) is 10.7. The van der Waals surface area contributed by atoms with E-state index in [0.717, 1.165) is 11.3 Å². The zero-order valence-corrected chi connectivity index (χ0v) is 15.2. The zero-order valence-electron chi connectivity index (χ0n) is 14.4. The van der Waals surface area contributed by atoms with E-state index in [1.165, 1.54) is 42.5 Å². The van der Waals surface area contributed by atoms with Crippen LogP contribution < -0.4 is 10.6 Å². The van der Waals surface area contributed by atoms with Crippen LogP contribution in [-0.4, -0.2) is 16.8 Å². The molecule has 0 radical (unpaired) electrons. The van der Waals surface area contributed by atoms with Gasteiger partial charge in [0, 0.05) is 29.6 Å². The maximum Gasteiger partial charge on any atom is 0.250 e. The molecule has 27 heavy (non-hydrogen) atoms. The highest BCUT2D eigenvalue weighted by molar-refractivity contribution is 7.14. The highest BCUT2D eigenvalue weighted by atomic mass is 32.1. The van der Waals surface area contributed by atoms with Gasteiger partial charge in [-0.3, -0.25) is 14.9 Å². The fourth-order valence-corrected chi connectivity index (χ4v) is 3.04. The molecule has 2 aromatic carbocycles. The van der Waals surface area contributed by atoms with Crippen molar-refractivity contribution in [2.24, 2.45) is 0 Å². The third-order valence-electron chi connectivity index (χ3n) is 3.51. The summed E-state index contributed by atoms with van der Waals surface area (Å²) >= 11 is 1.30. The third-order valence-corrected chi connectivity index (χ3v) is 4.27. The van der Waals surface area contributed by atoms with Gasteiger partial charge in [-0.2, -0.15) is 0 Å². The number of anilines is 2. The van der Waals surface area contributed by atoms with Crippen molar-refractivity contribution in [3.63, 3.8) is 0 Å². The molecule has 7 heteroatoms. The van der Waals surface area contributed by atoms with E-state index in [2.05, 4.69) is 15.6 Å². The van der Waals surface area contributed by atoms with Gasteiger partial charge in [-0.15, -0.1) is 11.3 Å². The van der Waals surface area contributed by atoms with Gasteiger partial charge < -0.3 is 5.32 Å². The molecule has 0 bridgehead atoms. The summed E-state index contributed by atoms with van der Waals surface area (Å²) in [6, 6.07) is 13.2. The number of amides is 2. The maximum absolute atomic E-state index is 13.1. The van der Waals surface area contributed by atoms with Gasteiger partial charge in [-0.05, 0) is 35.9 Å². The Labute approximate surface area is 159 Å². The van der Waals surface area contributed by atoms with E-state index in [4.69, 9.17) is 0 Å². The van der Waals surface area contributed by atoms with Gasteiger partial charge in [-0.25, -0.2) is 9.37 Å². The van der Waals surface area contributed by atoms with E-state index in [1.807, 2.05) is 17.5 Å². The molecule has 0 aliphatic carbocycles. The van der Waals surface area contributed by atoms with Crippen molar-refractivity contribution in [2.75, 3.05) is 10.6 Å². The Morgan fingerprint density at radius 1 is 1.11 bits per heavy atom. The number of aromatic nitrogens is 1. The van der Waals surface area contributed by atoms with Crippen LogP contribution >= 0.6 is 11.3 Å². The Morgan fingerprint density at radius 3 is 2.59 bits per heavy atom. The monoisotopic (exact) mass is 381 g/mol. The first-order valence-electron chi connectivity index (χ1n) is 8.08. The number of thiazole rings is 1. The molecular weight excluding hydrogens is 365 g/mol. The number of nitrogens with one attached hydrogen (secondary N) is 2. The van der Waals surface area contributed by atoms with Crippen LogP contribution in [0.25, 0.3) is 17.3 Å². The highest BCUT2D eigenvalue weighted by Gasteiger charge is 2.07. The second-order valence-corrected chi connectivity index (χ2v) is 6.53. The topological polar surface area (TPSA) is 71.1 Å². The molecule has 3 rings (SSSR count). The second-order valence-electron chi connectivity index (χ2n) is 5.67. The number of benzene rings is 2. The molecule has 2 amide bonds. The molecule has 3 aromatic rings. The van der Waals surface area contributed by atoms with Gasteiger partial charge in [-0.1, -0.05) is 24.3 Å². The Kier molecular flexibility index (Phi) is 5.73. The molecule has 0 spiro atoms. The van der Waals surface area contributed by atoms with Gasteiger partial charge in [0.2, 0.25) is 11.8 Å². The van der Waals surface area contributed by atoms with Crippen LogP contribution in [-0.2, 0) is 9.59 Å². The standard InChI is InChI=1S/C20H16FN3O2S/c1-13(25)22-17-8-6-15(7-9-17)18-12-27-20(23-18)24-19(26)10-5-14-3-2-4-16(21)11-14/h2-12H,1H3,(H,22,25)(H,23,24,26)/b10-5+. The van der Waals surface area contributed by atoms with Crippen LogP contribution in [0, 0.1) is 5.82 Å². The number of hydrogen-bond donors (Lipinski definition) is 2. The Morgan fingerprint density at radius 2 is 1.89 bits per heavy atom. The van der Waals surface area contributed by atoms with Gasteiger partial charge in [0.25, 0.3) is 0 Å². The smallest absolute Gasteiger partial charge is 0.250 e. The summed E-state index contributed by atoms with van der Waals surface area (Å²) in [6.45, 7) is 1.45. The van der Waals surface area contributed by atoms with E-state index < -0.39 is 0 Å². The first-order valence-corrected chi connectivity index (χ1v) is 8.96. The minimum atomic E-state index is -0.355. The number of hydrogen-bond acceptors (Lipinski definition) is 4. The van der Waals surface area contributed by atoms with E-state index in [-0.39, 0.29) is 17.6 Å². The molecule has 136 valence electrons. The molecule has 0 fully saturated rings. The summed E-state index contributed by atoms with van der Waals surface area (Å²) in [5.41, 5.74) is 2.90. The summed E-state index contributed by atoms with van der Waals surface area (Å²) in [6.07, 6.45) is 2.87. The predicted octanol–water partition coefficient (Wildman–Crippen LogP) is 4.56. The highest BCUT2D eigenvalue weighted by Crippen LogP contribution is 2.26. The number of nitrogens with zero attached hydrogens (tertiary/aromatic N) is 1. The summed E-state index contributed by atoms with van der Waals surface area (Å²) < 4.78 is 13.1. The van der Waals surface area contributed by atoms with Crippen molar-refractivity contribution in [3.05, 3.63) is 71.4 Å². The zero-order chi connectivity index (χ0) is 19.2. The van der Waals surface area contributed by atoms with E-state index in [9.17, 15) is 14.0 Å². The minimum absolute atomic E-state index is 0.132. The number of carbonyl (C=O) groups is 2. The quantitative estimate of drug-likeness (QED) is 0.637. The lowest BCUT2D eigenvalue weighted by Gasteiger charge is -2.02. The third kappa shape index (κ3) is 5.32. The molecular formula is C20H16FN3O2S. The van der Waals surface area contributed by atoms with Crippen molar-refractivity contribution in [1.29, 1.82) is 0 Å². The Bertz CT molecular complexity index is 996. The van der Waals surface area contributed by atoms with Crippen LogP contribution in [0.5, 0.6) is 0 Å². The van der Waals surface area contributed by atoms with Crippen molar-refractivity contribution in [3.8, 4) is 11.3 Å². The maximum atomic E-state index is 13.1. The fourth-order valence-electron chi connectivity index (χ4n) is 2.32. The summed E-state index contributed by atoms with van der Waals surface area (Å²) in [5, 5.41) is 7.68. The van der Waals surface area contributed by atoms with Gasteiger partial charge >= 0.3 is 0 Å². The lowest BCUT2D eigenvalue weighted by Crippen LogP contribution is -2.07. The summed E-state index contributed by atoms with van der Waals surface area (Å²) in [4.78, 5) is 27.4. The average molecular weight is 381 g/mol. The molecule has 0 unspecified atom stereocenters. The second kappa shape index (κ2) is 8.37. The minimum Gasteiger partial charge on any atom is -0.326 e. The molecule has 0 aliphatic heterocycles. The summed E-state index contributed by atoms with van der Waals surface area (Å²) in [7, 11) is 0. The average Bonchev–Trinajstić information content (AvgIpc) is 3.08. The fraction of sp³-hybridized carbons (Fsp3) is 0.0500. The van der Waals surface area contributed by atoms with Gasteiger partial charge in [0.05, 0.1) is 5.69 Å². The van der Waals surface area contributed by atoms with E-state index in [0.29, 0.717) is 16.4 Å². The van der Waals surface area contributed by atoms with Crippen LogP contribution in [0.4, 0.5) is 15.2 Å². The number of halogens is 1. The van der Waals surface area contributed by atoms with Crippen molar-refractivity contribution < 1.29 is 14.0 Å². The first kappa shape index (κ1) is 18.5. The Hall–Kier alpha value is -3.32. The molecule has 1 aromatic heterocycles. The molecule has 0 saturated carbocycles. The van der Waals surface area contributed by atoms with Crippen LogP contribution in [0.15, 0.2) is 60.0 Å². The lowest BCUT2D eigenvalue weighted by molar-refractivity contribution is -0.114. The van der Waals surface area contributed by atoms with Gasteiger partial charge in [0.1, 0.15) is 5.82 Å². The Balaban J connectivity index is 1.63. The lowest BCUT2D eigenvalue weighted by atomic mass is 10.1. The molecule has 2 N–H and O–H groups in total. The molecule has 0 saturated heterocycles.